The van der Waals surface area contributed by atoms with E-state index in [1.54, 1.807) is 6.08 Å². The third kappa shape index (κ3) is 0.791. The SMILES string of the molecule is O=C1C=C2C=[C+]NC2=CC1=O. The molecule has 0 aromatic heterocycles. The highest BCUT2D eigenvalue weighted by Crippen LogP contribution is 2.17. The first kappa shape index (κ1) is 6.01. The van der Waals surface area contributed by atoms with Gasteiger partial charge in [-0.05, 0) is 0 Å². The van der Waals surface area contributed by atoms with E-state index in [9.17, 15) is 9.59 Å². The van der Waals surface area contributed by atoms with Crippen LogP contribution in [0.15, 0.2) is 29.5 Å². The predicted molar refractivity (Wildman–Crippen MR) is 37.1 cm³/mol. The van der Waals surface area contributed by atoms with Crippen LogP contribution in [0.4, 0.5) is 0 Å². The first-order chi connectivity index (χ1) is 5.27. The fraction of sp³-hybridized carbons (Fsp3) is 0. The van der Waals surface area contributed by atoms with Gasteiger partial charge in [-0.2, -0.15) is 5.32 Å². The van der Waals surface area contributed by atoms with E-state index in [0.29, 0.717) is 5.70 Å². The third-order valence-corrected chi connectivity index (χ3v) is 1.55. The number of allylic oxidation sites excluding steroid dienone is 3. The third-order valence-electron chi connectivity index (χ3n) is 1.55. The van der Waals surface area contributed by atoms with Crippen LogP contribution < -0.4 is 5.32 Å². The maximum atomic E-state index is 10.8. The minimum atomic E-state index is -0.478. The van der Waals surface area contributed by atoms with Crippen LogP contribution in [-0.4, -0.2) is 11.6 Å². The molecule has 0 spiro atoms. The first-order valence-electron chi connectivity index (χ1n) is 3.14. The Morgan fingerprint density at radius 2 is 1.91 bits per heavy atom. The van der Waals surface area contributed by atoms with Gasteiger partial charge in [-0.15, -0.1) is 0 Å². The van der Waals surface area contributed by atoms with E-state index >= 15 is 0 Å². The second-order valence-corrected chi connectivity index (χ2v) is 2.30. The Hall–Kier alpha value is -1.73. The molecule has 0 atom stereocenters. The first-order valence-corrected chi connectivity index (χ1v) is 3.14. The summed E-state index contributed by atoms with van der Waals surface area (Å²) in [7, 11) is 0. The van der Waals surface area contributed by atoms with Crippen molar-refractivity contribution < 1.29 is 9.59 Å². The summed E-state index contributed by atoms with van der Waals surface area (Å²) in [5.74, 6) is -0.946. The number of nitrogens with one attached hydrogen (secondary N) is 1. The Balaban J connectivity index is 2.50. The van der Waals surface area contributed by atoms with E-state index in [0.717, 1.165) is 5.57 Å². The molecule has 0 amide bonds. The second-order valence-electron chi connectivity index (χ2n) is 2.30. The van der Waals surface area contributed by atoms with Crippen LogP contribution in [0.2, 0.25) is 0 Å². The molecule has 0 unspecified atom stereocenters. The number of carbonyl (C=O) groups excluding carboxylic acids is 2. The summed E-state index contributed by atoms with van der Waals surface area (Å²) < 4.78 is 0. The minimum Gasteiger partial charge on any atom is -0.284 e. The van der Waals surface area contributed by atoms with Crippen molar-refractivity contribution in [3.63, 3.8) is 0 Å². The van der Waals surface area contributed by atoms with Gasteiger partial charge in [0.25, 0.3) is 0 Å². The molecule has 11 heavy (non-hydrogen) atoms. The maximum absolute atomic E-state index is 10.8. The number of hydrogen-bond acceptors (Lipinski definition) is 3. The molecule has 0 fully saturated rings. The van der Waals surface area contributed by atoms with Gasteiger partial charge in [-0.1, -0.05) is 0 Å². The van der Waals surface area contributed by atoms with Crippen molar-refractivity contribution in [3.05, 3.63) is 35.7 Å². The second kappa shape index (κ2) is 1.87. The molecule has 3 heteroatoms. The molecule has 1 heterocycles. The normalized spacial score (nSPS) is 20.0. The Labute approximate surface area is 63.1 Å². The largest absolute Gasteiger partial charge is 0.284 e. The number of carbonyl (C=O) groups is 2. The fourth-order valence-electron chi connectivity index (χ4n) is 0.995. The van der Waals surface area contributed by atoms with Crippen LogP contribution in [0.25, 0.3) is 0 Å². The molecule has 0 aromatic carbocycles. The van der Waals surface area contributed by atoms with Gasteiger partial charge in [-0.3, -0.25) is 9.59 Å². The van der Waals surface area contributed by atoms with Crippen LogP contribution in [0, 0.1) is 6.20 Å². The number of ketones is 2. The smallest absolute Gasteiger partial charge is 0.243 e. The van der Waals surface area contributed by atoms with Crippen molar-refractivity contribution in [1.82, 2.24) is 5.32 Å². The van der Waals surface area contributed by atoms with E-state index in [1.165, 1.54) is 12.2 Å². The van der Waals surface area contributed by atoms with Crippen LogP contribution in [-0.2, 0) is 9.59 Å². The molecule has 2 rings (SSSR count). The molecule has 1 aliphatic heterocycles. The number of hydrogen-bond donors (Lipinski definition) is 1. The van der Waals surface area contributed by atoms with Crippen LogP contribution >= 0.6 is 0 Å². The summed E-state index contributed by atoms with van der Waals surface area (Å²) in [6.45, 7) is 0. The van der Waals surface area contributed by atoms with Crippen LogP contribution in [0.3, 0.4) is 0 Å². The van der Waals surface area contributed by atoms with Crippen molar-refractivity contribution in [2.45, 2.75) is 0 Å². The quantitative estimate of drug-likeness (QED) is 0.294. The highest BCUT2D eigenvalue weighted by atomic mass is 16.2. The fourth-order valence-corrected chi connectivity index (χ4v) is 0.995. The molecule has 0 bridgehead atoms. The van der Waals surface area contributed by atoms with Gasteiger partial charge in [-0.25, -0.2) is 0 Å². The van der Waals surface area contributed by atoms with Gasteiger partial charge in [0.1, 0.15) is 12.3 Å². The summed E-state index contributed by atoms with van der Waals surface area (Å²) in [6.07, 6.45) is 6.92. The number of rotatable bonds is 0. The maximum Gasteiger partial charge on any atom is 0.243 e. The zero-order valence-electron chi connectivity index (χ0n) is 5.55. The molecule has 2 aliphatic rings. The molecule has 52 valence electrons. The monoisotopic (exact) mass is 146 g/mol. The Bertz CT molecular complexity index is 334. The van der Waals surface area contributed by atoms with Crippen molar-refractivity contribution in [2.24, 2.45) is 0 Å². The lowest BCUT2D eigenvalue weighted by Gasteiger charge is -1.94. The lowest BCUT2D eigenvalue weighted by molar-refractivity contribution is -0.131. The van der Waals surface area contributed by atoms with Gasteiger partial charge in [0.15, 0.2) is 5.57 Å². The van der Waals surface area contributed by atoms with E-state index < -0.39 is 11.6 Å². The highest BCUT2D eigenvalue weighted by molar-refractivity contribution is 6.47. The van der Waals surface area contributed by atoms with E-state index in [-0.39, 0.29) is 0 Å². The highest BCUT2D eigenvalue weighted by Gasteiger charge is 2.29. The minimum absolute atomic E-state index is 0.467. The van der Waals surface area contributed by atoms with Gasteiger partial charge < -0.3 is 0 Å². The van der Waals surface area contributed by atoms with E-state index in [2.05, 4.69) is 11.5 Å². The van der Waals surface area contributed by atoms with E-state index in [1.807, 2.05) is 0 Å². The Morgan fingerprint density at radius 3 is 2.73 bits per heavy atom. The average molecular weight is 146 g/mol. The van der Waals surface area contributed by atoms with Crippen molar-refractivity contribution in [2.75, 3.05) is 0 Å². The topological polar surface area (TPSA) is 46.2 Å². The van der Waals surface area contributed by atoms with Crippen molar-refractivity contribution in [1.29, 1.82) is 0 Å². The lowest BCUT2D eigenvalue weighted by atomic mass is 10.0. The molecule has 0 saturated heterocycles. The molecule has 0 saturated carbocycles. The van der Waals surface area contributed by atoms with Crippen molar-refractivity contribution >= 4 is 11.6 Å². The molecule has 0 radical (unpaired) electrons. The summed E-state index contributed by atoms with van der Waals surface area (Å²) in [5, 5.41) is 2.72. The molecular weight excluding hydrogens is 142 g/mol. The van der Waals surface area contributed by atoms with Gasteiger partial charge >= 0.3 is 0 Å². The molecular formula is C8H4NO2+. The Morgan fingerprint density at radius 1 is 1.18 bits per heavy atom. The average Bonchev–Trinajstić information content (AvgIpc) is 2.36. The summed E-state index contributed by atoms with van der Waals surface area (Å²) >= 11 is 0. The summed E-state index contributed by atoms with van der Waals surface area (Å²) in [4.78, 5) is 21.6. The Kier molecular flexibility index (Phi) is 1.02. The zero-order valence-corrected chi connectivity index (χ0v) is 5.55. The number of fused-ring (bicyclic) bond motifs is 1. The van der Waals surface area contributed by atoms with Crippen LogP contribution in [0.1, 0.15) is 0 Å². The summed E-state index contributed by atoms with van der Waals surface area (Å²) in [6, 6.07) is 0. The predicted octanol–water partition coefficient (Wildman–Crippen LogP) is -0.131. The standard InChI is InChI=1S/C8H3NO2/c10-7-3-5-1-2-9-6(5)4-8(7)11/h1,3-4H/p+1. The molecule has 3 nitrogen and oxygen atoms in total. The molecule has 1 N–H and O–H groups in total. The molecule has 1 aliphatic carbocycles. The molecule has 0 aromatic rings. The van der Waals surface area contributed by atoms with Crippen LogP contribution in [0.5, 0.6) is 0 Å². The van der Waals surface area contributed by atoms with Crippen molar-refractivity contribution in [3.8, 4) is 0 Å². The van der Waals surface area contributed by atoms with Gasteiger partial charge in [0, 0.05) is 0 Å². The van der Waals surface area contributed by atoms with Gasteiger partial charge in [0.05, 0.1) is 12.2 Å². The van der Waals surface area contributed by atoms with Gasteiger partial charge in [0.2, 0.25) is 17.3 Å². The zero-order chi connectivity index (χ0) is 7.84. The van der Waals surface area contributed by atoms with E-state index in [4.69, 9.17) is 0 Å². The summed E-state index contributed by atoms with van der Waals surface area (Å²) in [5.41, 5.74) is 1.39. The lowest BCUT2D eigenvalue weighted by Crippen LogP contribution is -2.16.